The van der Waals surface area contributed by atoms with E-state index < -0.39 is 0 Å². The molecule has 0 spiro atoms. The molecule has 0 bridgehead atoms. The van der Waals surface area contributed by atoms with Crippen LogP contribution in [0.25, 0.3) is 0 Å². The van der Waals surface area contributed by atoms with Crippen molar-refractivity contribution in [3.8, 4) is 0 Å². The molecule has 2 rings (SSSR count). The summed E-state index contributed by atoms with van der Waals surface area (Å²) < 4.78 is 2.14. The molecule has 0 fully saturated rings. The Morgan fingerprint density at radius 2 is 2.46 bits per heavy atom. The topological polar surface area (TPSA) is 70.9 Å². The van der Waals surface area contributed by atoms with Crippen molar-refractivity contribution in [3.05, 3.63) is 18.2 Å². The van der Waals surface area contributed by atoms with E-state index in [4.69, 9.17) is 11.1 Å². The SMILES string of the molecule is N=C(N)CN1CCn2ccnc2C1. The lowest BCUT2D eigenvalue weighted by Gasteiger charge is -2.26. The molecule has 0 aliphatic carbocycles. The summed E-state index contributed by atoms with van der Waals surface area (Å²) in [6, 6.07) is 0. The van der Waals surface area contributed by atoms with E-state index in [0.29, 0.717) is 6.54 Å². The second-order valence-corrected chi connectivity index (χ2v) is 3.27. The van der Waals surface area contributed by atoms with Gasteiger partial charge in [-0.3, -0.25) is 10.3 Å². The van der Waals surface area contributed by atoms with E-state index >= 15 is 0 Å². The third-order valence-electron chi connectivity index (χ3n) is 2.22. The summed E-state index contributed by atoms with van der Waals surface area (Å²) in [5.41, 5.74) is 5.33. The van der Waals surface area contributed by atoms with Crippen molar-refractivity contribution < 1.29 is 0 Å². The Balaban J connectivity index is 2.04. The highest BCUT2D eigenvalue weighted by molar-refractivity contribution is 5.78. The Hall–Kier alpha value is -1.36. The molecule has 0 aromatic carbocycles. The molecule has 0 atom stereocenters. The number of fused-ring (bicyclic) bond motifs is 1. The monoisotopic (exact) mass is 179 g/mol. The van der Waals surface area contributed by atoms with E-state index in [0.717, 1.165) is 25.5 Å². The van der Waals surface area contributed by atoms with E-state index in [1.54, 1.807) is 0 Å². The molecule has 0 amide bonds. The molecule has 5 nitrogen and oxygen atoms in total. The van der Waals surface area contributed by atoms with Crippen molar-refractivity contribution >= 4 is 5.84 Å². The van der Waals surface area contributed by atoms with Gasteiger partial charge in [-0.15, -0.1) is 0 Å². The zero-order valence-corrected chi connectivity index (χ0v) is 7.40. The summed E-state index contributed by atoms with van der Waals surface area (Å²) >= 11 is 0. The van der Waals surface area contributed by atoms with Gasteiger partial charge in [-0.05, 0) is 0 Å². The zero-order chi connectivity index (χ0) is 9.26. The molecule has 1 aromatic rings. The average Bonchev–Trinajstić information content (AvgIpc) is 2.49. The number of aromatic nitrogens is 2. The summed E-state index contributed by atoms with van der Waals surface area (Å²) in [6.45, 7) is 3.24. The Morgan fingerprint density at radius 3 is 3.23 bits per heavy atom. The Labute approximate surface area is 76.7 Å². The Morgan fingerprint density at radius 1 is 1.62 bits per heavy atom. The lowest BCUT2D eigenvalue weighted by molar-refractivity contribution is 0.245. The number of rotatable bonds is 2. The maximum Gasteiger partial charge on any atom is 0.122 e. The fraction of sp³-hybridized carbons (Fsp3) is 0.500. The minimum atomic E-state index is 0.222. The first-order valence-corrected chi connectivity index (χ1v) is 4.31. The summed E-state index contributed by atoms with van der Waals surface area (Å²) in [4.78, 5) is 6.35. The van der Waals surface area contributed by atoms with Gasteiger partial charge in [0.2, 0.25) is 0 Å². The Bertz CT molecular complexity index is 316. The molecule has 0 saturated heterocycles. The van der Waals surface area contributed by atoms with Crippen LogP contribution in [0, 0.1) is 5.41 Å². The smallest absolute Gasteiger partial charge is 0.122 e. The van der Waals surface area contributed by atoms with Crippen LogP contribution in [0.1, 0.15) is 5.82 Å². The van der Waals surface area contributed by atoms with Crippen LogP contribution < -0.4 is 5.73 Å². The van der Waals surface area contributed by atoms with Gasteiger partial charge in [-0.25, -0.2) is 4.98 Å². The molecule has 1 aliphatic heterocycles. The van der Waals surface area contributed by atoms with Gasteiger partial charge in [0.05, 0.1) is 13.1 Å². The Kier molecular flexibility index (Phi) is 2.02. The zero-order valence-electron chi connectivity index (χ0n) is 7.40. The maximum atomic E-state index is 7.19. The van der Waals surface area contributed by atoms with Crippen molar-refractivity contribution in [2.24, 2.45) is 5.73 Å². The molecule has 13 heavy (non-hydrogen) atoms. The predicted octanol–water partition coefficient (Wildman–Crippen LogP) is -0.365. The van der Waals surface area contributed by atoms with Crippen LogP contribution in [0.15, 0.2) is 12.4 Å². The van der Waals surface area contributed by atoms with Gasteiger partial charge in [0.15, 0.2) is 0 Å². The fourth-order valence-electron chi connectivity index (χ4n) is 1.60. The van der Waals surface area contributed by atoms with Gasteiger partial charge in [0.25, 0.3) is 0 Å². The van der Waals surface area contributed by atoms with Crippen LogP contribution in [0.4, 0.5) is 0 Å². The normalized spacial score (nSPS) is 16.9. The second kappa shape index (κ2) is 3.18. The highest BCUT2D eigenvalue weighted by Gasteiger charge is 2.16. The fourth-order valence-corrected chi connectivity index (χ4v) is 1.60. The van der Waals surface area contributed by atoms with Gasteiger partial charge in [-0.2, -0.15) is 0 Å². The molecule has 70 valence electrons. The maximum absolute atomic E-state index is 7.19. The van der Waals surface area contributed by atoms with Gasteiger partial charge < -0.3 is 10.3 Å². The minimum absolute atomic E-state index is 0.222. The van der Waals surface area contributed by atoms with Gasteiger partial charge >= 0.3 is 0 Å². The summed E-state index contributed by atoms with van der Waals surface area (Å²) in [5, 5.41) is 7.19. The third-order valence-corrected chi connectivity index (χ3v) is 2.22. The van der Waals surface area contributed by atoms with E-state index in [2.05, 4.69) is 14.5 Å². The number of hydrogen-bond acceptors (Lipinski definition) is 3. The number of amidine groups is 1. The van der Waals surface area contributed by atoms with Crippen molar-refractivity contribution in [3.63, 3.8) is 0 Å². The van der Waals surface area contributed by atoms with Crippen LogP contribution in [-0.4, -0.2) is 33.4 Å². The van der Waals surface area contributed by atoms with Crippen molar-refractivity contribution in [2.75, 3.05) is 13.1 Å². The quantitative estimate of drug-likeness (QED) is 0.481. The number of hydrogen-bond donors (Lipinski definition) is 2. The first-order valence-electron chi connectivity index (χ1n) is 4.31. The standard InChI is InChI=1S/C8H13N5/c9-7(10)5-12-3-4-13-2-1-11-8(13)6-12/h1-2H,3-6H2,(H3,9,10). The molecule has 0 radical (unpaired) electrons. The van der Waals surface area contributed by atoms with Crippen molar-refractivity contribution in [1.29, 1.82) is 5.41 Å². The molecule has 1 aliphatic rings. The predicted molar refractivity (Wildman–Crippen MR) is 49.4 cm³/mol. The molecule has 1 aromatic heterocycles. The number of nitrogens with two attached hydrogens (primary N) is 1. The molecular formula is C8H13N5. The van der Waals surface area contributed by atoms with Crippen LogP contribution in [0.2, 0.25) is 0 Å². The highest BCUT2D eigenvalue weighted by atomic mass is 15.2. The largest absolute Gasteiger partial charge is 0.387 e. The third kappa shape index (κ3) is 1.70. The lowest BCUT2D eigenvalue weighted by atomic mass is 10.3. The van der Waals surface area contributed by atoms with E-state index in [9.17, 15) is 0 Å². The van der Waals surface area contributed by atoms with Crippen molar-refractivity contribution in [2.45, 2.75) is 13.1 Å². The van der Waals surface area contributed by atoms with E-state index in [-0.39, 0.29) is 5.84 Å². The summed E-state index contributed by atoms with van der Waals surface area (Å²) in [6.07, 6.45) is 3.80. The molecule has 2 heterocycles. The molecule has 3 N–H and O–H groups in total. The highest BCUT2D eigenvalue weighted by Crippen LogP contribution is 2.08. The number of nitrogens with one attached hydrogen (secondary N) is 1. The number of imidazole rings is 1. The van der Waals surface area contributed by atoms with Crippen LogP contribution in [0.5, 0.6) is 0 Å². The van der Waals surface area contributed by atoms with Gasteiger partial charge in [0, 0.05) is 25.5 Å². The summed E-state index contributed by atoms with van der Waals surface area (Å²) in [5.74, 6) is 1.28. The molecular weight excluding hydrogens is 166 g/mol. The van der Waals surface area contributed by atoms with E-state index in [1.165, 1.54) is 0 Å². The minimum Gasteiger partial charge on any atom is -0.387 e. The molecule has 5 heteroatoms. The van der Waals surface area contributed by atoms with Crippen LogP contribution in [-0.2, 0) is 13.1 Å². The van der Waals surface area contributed by atoms with Crippen molar-refractivity contribution in [1.82, 2.24) is 14.5 Å². The van der Waals surface area contributed by atoms with Gasteiger partial charge in [-0.1, -0.05) is 0 Å². The van der Waals surface area contributed by atoms with Crippen LogP contribution >= 0.6 is 0 Å². The number of nitrogens with zero attached hydrogens (tertiary/aromatic N) is 3. The first kappa shape index (κ1) is 8.25. The lowest BCUT2D eigenvalue weighted by Crippen LogP contribution is -2.39. The van der Waals surface area contributed by atoms with Gasteiger partial charge in [0.1, 0.15) is 11.7 Å². The first-order chi connectivity index (χ1) is 6.25. The molecule has 0 unspecified atom stereocenters. The average molecular weight is 179 g/mol. The molecule has 0 saturated carbocycles. The van der Waals surface area contributed by atoms with Crippen LogP contribution in [0.3, 0.4) is 0 Å². The second-order valence-electron chi connectivity index (χ2n) is 3.27. The van der Waals surface area contributed by atoms with E-state index in [1.807, 2.05) is 12.4 Å². The summed E-state index contributed by atoms with van der Waals surface area (Å²) in [7, 11) is 0.